The van der Waals surface area contributed by atoms with Crippen LogP contribution >= 0.6 is 0 Å². The number of rotatable bonds is 7. The van der Waals surface area contributed by atoms with Crippen molar-refractivity contribution in [1.82, 2.24) is 19.1 Å². The first-order valence-corrected chi connectivity index (χ1v) is 12.2. The maximum atomic E-state index is 13.7. The Morgan fingerprint density at radius 2 is 1.98 bits per heavy atom. The lowest BCUT2D eigenvalue weighted by molar-refractivity contribution is -0.138. The van der Waals surface area contributed by atoms with E-state index in [2.05, 4.69) is 20.6 Å². The molecule has 0 unspecified atom stereocenters. The average molecular weight is 559 g/mol. The lowest BCUT2D eigenvalue weighted by Gasteiger charge is -2.24. The van der Waals surface area contributed by atoms with Crippen molar-refractivity contribution in [3.05, 3.63) is 64.7 Å². The number of carbonyl (C=O) groups excluding carboxylic acids is 1. The second-order valence-corrected chi connectivity index (χ2v) is 9.10. The summed E-state index contributed by atoms with van der Waals surface area (Å²) in [6.07, 6.45) is -2.96. The van der Waals surface area contributed by atoms with Gasteiger partial charge in [-0.3, -0.25) is 9.59 Å². The molecule has 14 heteroatoms. The molecule has 1 fully saturated rings. The number of anilines is 3. The van der Waals surface area contributed by atoms with E-state index in [1.54, 1.807) is 41.9 Å². The number of hydrogen-bond donors (Lipinski definition) is 2. The summed E-state index contributed by atoms with van der Waals surface area (Å²) in [6.45, 7) is 2.13. The zero-order valence-electron chi connectivity index (χ0n) is 21.5. The molecule has 1 aliphatic heterocycles. The first-order chi connectivity index (χ1) is 19.1. The van der Waals surface area contributed by atoms with Crippen molar-refractivity contribution in [1.29, 1.82) is 0 Å². The summed E-state index contributed by atoms with van der Waals surface area (Å²) in [5.74, 6) is 1.08. The summed E-state index contributed by atoms with van der Waals surface area (Å²) in [5, 5.41) is 5.35. The maximum absolute atomic E-state index is 13.7. The van der Waals surface area contributed by atoms with E-state index in [4.69, 9.17) is 14.2 Å². The van der Waals surface area contributed by atoms with Crippen LogP contribution < -0.4 is 20.9 Å². The molecule has 3 aromatic heterocycles. The molecule has 0 spiro atoms. The van der Waals surface area contributed by atoms with Crippen LogP contribution in [0.1, 0.15) is 12.5 Å². The minimum atomic E-state index is -4.68. The highest BCUT2D eigenvalue weighted by Crippen LogP contribution is 2.32. The first-order valence-electron chi connectivity index (χ1n) is 12.2. The molecule has 4 aromatic rings. The van der Waals surface area contributed by atoms with Crippen molar-refractivity contribution in [2.75, 3.05) is 30.5 Å². The standard InChI is InChI=1S/C26H25F3N6O5/c1-15(36)31-23-11-18(5-6-30-23)40-17-3-4-20-22(10-17)34(2)25(32-20)33-21-9-16(26(27,28)29)12-35(24(21)37)13-19-14-38-7-8-39-19/h3-6,9-12,19H,7-8,13-14H2,1-2H3,(H,32,33)(H,30,31,36)/t19-/m0/s1. The Bertz CT molecular complexity index is 1610. The maximum Gasteiger partial charge on any atom is 0.417 e. The first kappa shape index (κ1) is 27.1. The zero-order chi connectivity index (χ0) is 28.4. The van der Waals surface area contributed by atoms with E-state index in [9.17, 15) is 22.8 Å². The quantitative estimate of drug-likeness (QED) is 0.349. The van der Waals surface area contributed by atoms with Crippen molar-refractivity contribution in [2.24, 2.45) is 7.05 Å². The lowest BCUT2D eigenvalue weighted by atomic mass is 10.2. The summed E-state index contributed by atoms with van der Waals surface area (Å²) >= 11 is 0. The van der Waals surface area contributed by atoms with Crippen LogP contribution in [-0.4, -0.2) is 50.9 Å². The third-order valence-electron chi connectivity index (χ3n) is 6.07. The molecule has 2 N–H and O–H groups in total. The largest absolute Gasteiger partial charge is 0.457 e. The van der Waals surface area contributed by atoms with Crippen LogP contribution in [0, 0.1) is 0 Å². The molecule has 1 atom stereocenters. The van der Waals surface area contributed by atoms with Crippen LogP contribution in [-0.2, 0) is 34.0 Å². The van der Waals surface area contributed by atoms with E-state index in [0.29, 0.717) is 41.6 Å². The van der Waals surface area contributed by atoms with Gasteiger partial charge < -0.3 is 34.0 Å². The van der Waals surface area contributed by atoms with Crippen LogP contribution in [0.15, 0.2) is 53.6 Å². The Morgan fingerprint density at radius 3 is 2.70 bits per heavy atom. The van der Waals surface area contributed by atoms with Crippen molar-refractivity contribution in [3.8, 4) is 11.5 Å². The number of ether oxygens (including phenoxy) is 3. The highest BCUT2D eigenvalue weighted by Gasteiger charge is 2.33. The number of aromatic nitrogens is 4. The molecular formula is C26H25F3N6O5. The van der Waals surface area contributed by atoms with Gasteiger partial charge in [0.2, 0.25) is 11.9 Å². The normalized spacial score (nSPS) is 15.7. The number of fused-ring (bicyclic) bond motifs is 1. The van der Waals surface area contributed by atoms with Gasteiger partial charge in [0.15, 0.2) is 0 Å². The number of aryl methyl sites for hydroxylation is 1. The van der Waals surface area contributed by atoms with Gasteiger partial charge in [-0.05, 0) is 24.3 Å². The van der Waals surface area contributed by atoms with Crippen LogP contribution in [0.3, 0.4) is 0 Å². The topological polar surface area (TPSA) is 122 Å². The predicted octanol–water partition coefficient (Wildman–Crippen LogP) is 4.06. The molecule has 0 aliphatic carbocycles. The number of nitrogens with one attached hydrogen (secondary N) is 2. The van der Waals surface area contributed by atoms with Gasteiger partial charge in [-0.15, -0.1) is 0 Å². The molecule has 1 amide bonds. The number of alkyl halides is 3. The second kappa shape index (κ2) is 11.0. The van der Waals surface area contributed by atoms with Crippen LogP contribution in [0.4, 0.5) is 30.6 Å². The van der Waals surface area contributed by atoms with Gasteiger partial charge in [0.05, 0.1) is 49.1 Å². The highest BCUT2D eigenvalue weighted by molar-refractivity contribution is 5.87. The molecule has 210 valence electrons. The Balaban J connectivity index is 1.43. The van der Waals surface area contributed by atoms with Crippen molar-refractivity contribution in [3.63, 3.8) is 0 Å². The van der Waals surface area contributed by atoms with Gasteiger partial charge in [-0.25, -0.2) is 9.97 Å². The number of halogens is 3. The van der Waals surface area contributed by atoms with E-state index < -0.39 is 23.4 Å². The van der Waals surface area contributed by atoms with Crippen LogP contribution in [0.2, 0.25) is 0 Å². The fourth-order valence-corrected chi connectivity index (χ4v) is 4.20. The minimum Gasteiger partial charge on any atom is -0.457 e. The molecule has 0 saturated carbocycles. The molecule has 4 heterocycles. The minimum absolute atomic E-state index is 0.0979. The Morgan fingerprint density at radius 1 is 1.18 bits per heavy atom. The summed E-state index contributed by atoms with van der Waals surface area (Å²) in [7, 11) is 1.65. The summed E-state index contributed by atoms with van der Waals surface area (Å²) in [6, 6.07) is 8.98. The third kappa shape index (κ3) is 6.07. The van der Waals surface area contributed by atoms with Crippen LogP contribution in [0.25, 0.3) is 11.0 Å². The number of carbonyl (C=O) groups is 1. The van der Waals surface area contributed by atoms with E-state index in [1.807, 2.05) is 0 Å². The molecular weight excluding hydrogens is 533 g/mol. The van der Waals surface area contributed by atoms with Gasteiger partial charge >= 0.3 is 6.18 Å². The van der Waals surface area contributed by atoms with E-state index in [0.717, 1.165) is 16.8 Å². The Hall–Kier alpha value is -4.43. The lowest BCUT2D eigenvalue weighted by Crippen LogP contribution is -2.36. The number of pyridine rings is 2. The number of nitrogens with zero attached hydrogens (tertiary/aromatic N) is 4. The predicted molar refractivity (Wildman–Crippen MR) is 139 cm³/mol. The average Bonchev–Trinajstić information content (AvgIpc) is 3.20. The smallest absolute Gasteiger partial charge is 0.417 e. The monoisotopic (exact) mass is 558 g/mol. The molecule has 1 aromatic carbocycles. The summed E-state index contributed by atoms with van der Waals surface area (Å²) in [4.78, 5) is 33.0. The van der Waals surface area contributed by atoms with Gasteiger partial charge in [0.1, 0.15) is 23.0 Å². The van der Waals surface area contributed by atoms with Gasteiger partial charge in [0.25, 0.3) is 5.56 Å². The fourth-order valence-electron chi connectivity index (χ4n) is 4.20. The van der Waals surface area contributed by atoms with Gasteiger partial charge in [0, 0.05) is 38.5 Å². The molecule has 5 rings (SSSR count). The summed E-state index contributed by atoms with van der Waals surface area (Å²) < 4.78 is 60.4. The van der Waals surface area contributed by atoms with Crippen molar-refractivity contribution in [2.45, 2.75) is 25.7 Å². The second-order valence-electron chi connectivity index (χ2n) is 9.10. The van der Waals surface area contributed by atoms with Gasteiger partial charge in [-0.2, -0.15) is 13.2 Å². The fraction of sp³-hybridized carbons (Fsp3) is 0.308. The van der Waals surface area contributed by atoms with Crippen molar-refractivity contribution >= 4 is 34.4 Å². The zero-order valence-corrected chi connectivity index (χ0v) is 21.5. The number of benzene rings is 1. The van der Waals surface area contributed by atoms with E-state index >= 15 is 0 Å². The van der Waals surface area contributed by atoms with E-state index in [-0.39, 0.29) is 30.7 Å². The molecule has 40 heavy (non-hydrogen) atoms. The number of amides is 1. The Kier molecular flexibility index (Phi) is 7.45. The molecule has 1 aliphatic rings. The summed E-state index contributed by atoms with van der Waals surface area (Å²) in [5.41, 5.74) is -0.825. The van der Waals surface area contributed by atoms with Crippen molar-refractivity contribution < 1.29 is 32.2 Å². The van der Waals surface area contributed by atoms with E-state index in [1.165, 1.54) is 13.1 Å². The molecule has 0 bridgehead atoms. The Labute approximate surface area is 225 Å². The van der Waals surface area contributed by atoms with Crippen LogP contribution in [0.5, 0.6) is 11.5 Å². The molecule has 11 nitrogen and oxygen atoms in total. The highest BCUT2D eigenvalue weighted by atomic mass is 19.4. The number of hydrogen-bond acceptors (Lipinski definition) is 8. The number of imidazole rings is 1. The molecule has 0 radical (unpaired) electrons. The van der Waals surface area contributed by atoms with Gasteiger partial charge in [-0.1, -0.05) is 0 Å². The SMILES string of the molecule is CC(=O)Nc1cc(Oc2ccc3nc(Nc4cc(C(F)(F)F)cn(C[C@H]5COCCO5)c4=O)n(C)c3c2)ccn1. The third-order valence-corrected chi connectivity index (χ3v) is 6.07. The molecule has 1 saturated heterocycles.